The van der Waals surface area contributed by atoms with Crippen molar-refractivity contribution in [2.24, 2.45) is 0 Å². The van der Waals surface area contributed by atoms with Crippen molar-refractivity contribution in [3.8, 4) is 0 Å². The number of hydrogen-bond donors (Lipinski definition) is 1. The SMILES string of the molecule is CC[C@@]1(c2ccc(F)cc2)NC(=O)N(Cc2ccccc2C)C1=O. The second kappa shape index (κ2) is 6.07. The fraction of sp³-hybridized carbons (Fsp3) is 0.263. The van der Waals surface area contributed by atoms with Crippen molar-refractivity contribution < 1.29 is 14.0 Å². The highest BCUT2D eigenvalue weighted by molar-refractivity contribution is 6.07. The van der Waals surface area contributed by atoms with Gasteiger partial charge in [0.25, 0.3) is 5.91 Å². The molecule has 1 atom stereocenters. The molecule has 24 heavy (non-hydrogen) atoms. The van der Waals surface area contributed by atoms with Gasteiger partial charge in [-0.2, -0.15) is 0 Å². The monoisotopic (exact) mass is 326 g/mol. The molecular weight excluding hydrogens is 307 g/mol. The summed E-state index contributed by atoms with van der Waals surface area (Å²) in [6, 6.07) is 12.9. The maximum Gasteiger partial charge on any atom is 0.325 e. The molecule has 0 aromatic heterocycles. The Bertz CT molecular complexity index is 788. The number of imide groups is 1. The molecule has 0 spiro atoms. The van der Waals surface area contributed by atoms with E-state index in [1.54, 1.807) is 12.1 Å². The standard InChI is InChI=1S/C19H19FN2O2/c1-3-19(15-8-10-16(20)11-9-15)17(23)22(18(24)21-19)12-14-7-5-4-6-13(14)2/h4-11H,3,12H2,1-2H3,(H,21,24)/t19-/m0/s1. The van der Waals surface area contributed by atoms with E-state index in [1.807, 2.05) is 38.1 Å². The van der Waals surface area contributed by atoms with Gasteiger partial charge in [-0.25, -0.2) is 9.18 Å². The van der Waals surface area contributed by atoms with Crippen molar-refractivity contribution >= 4 is 11.9 Å². The fourth-order valence-electron chi connectivity index (χ4n) is 3.10. The van der Waals surface area contributed by atoms with E-state index in [9.17, 15) is 14.0 Å². The molecule has 0 radical (unpaired) electrons. The minimum absolute atomic E-state index is 0.223. The van der Waals surface area contributed by atoms with Crippen LogP contribution >= 0.6 is 0 Å². The predicted molar refractivity (Wildman–Crippen MR) is 88.6 cm³/mol. The lowest BCUT2D eigenvalue weighted by Crippen LogP contribution is -2.43. The van der Waals surface area contributed by atoms with Crippen molar-refractivity contribution in [3.05, 3.63) is 71.0 Å². The molecule has 0 saturated carbocycles. The minimum atomic E-state index is -1.13. The number of nitrogens with zero attached hydrogens (tertiary/aromatic N) is 1. The second-order valence-corrected chi connectivity index (χ2v) is 6.01. The van der Waals surface area contributed by atoms with E-state index in [0.717, 1.165) is 11.1 Å². The number of urea groups is 1. The van der Waals surface area contributed by atoms with E-state index in [4.69, 9.17) is 0 Å². The highest BCUT2D eigenvalue weighted by Crippen LogP contribution is 2.33. The Morgan fingerprint density at radius 2 is 1.75 bits per heavy atom. The van der Waals surface area contributed by atoms with Crippen LogP contribution in [0.3, 0.4) is 0 Å². The van der Waals surface area contributed by atoms with E-state index < -0.39 is 11.6 Å². The van der Waals surface area contributed by atoms with Crippen LogP contribution in [0.15, 0.2) is 48.5 Å². The number of halogens is 1. The molecule has 4 nitrogen and oxygen atoms in total. The normalized spacial score (nSPS) is 20.4. The molecule has 1 heterocycles. The van der Waals surface area contributed by atoms with Gasteiger partial charge in [0.2, 0.25) is 0 Å². The average Bonchev–Trinajstić information content (AvgIpc) is 2.82. The Balaban J connectivity index is 1.95. The van der Waals surface area contributed by atoms with E-state index in [-0.39, 0.29) is 18.3 Å². The first-order chi connectivity index (χ1) is 11.5. The third-order valence-electron chi connectivity index (χ3n) is 4.63. The molecule has 0 bridgehead atoms. The van der Waals surface area contributed by atoms with Crippen molar-refractivity contribution in [2.45, 2.75) is 32.4 Å². The van der Waals surface area contributed by atoms with Gasteiger partial charge in [-0.15, -0.1) is 0 Å². The first kappa shape index (κ1) is 16.2. The van der Waals surface area contributed by atoms with Crippen LogP contribution in [0.2, 0.25) is 0 Å². The Kier molecular flexibility index (Phi) is 4.09. The molecule has 0 unspecified atom stereocenters. The highest BCUT2D eigenvalue weighted by atomic mass is 19.1. The number of carbonyl (C=O) groups is 2. The van der Waals surface area contributed by atoms with Crippen molar-refractivity contribution in [3.63, 3.8) is 0 Å². The van der Waals surface area contributed by atoms with Crippen LogP contribution in [-0.2, 0) is 16.9 Å². The number of aryl methyl sites for hydroxylation is 1. The van der Waals surface area contributed by atoms with Gasteiger partial charge < -0.3 is 5.32 Å². The third kappa shape index (κ3) is 2.56. The molecule has 3 rings (SSSR count). The van der Waals surface area contributed by atoms with Crippen LogP contribution in [0, 0.1) is 12.7 Å². The Labute approximate surface area is 140 Å². The summed E-state index contributed by atoms with van der Waals surface area (Å²) in [5.41, 5.74) is 1.41. The summed E-state index contributed by atoms with van der Waals surface area (Å²) in [5.74, 6) is -0.677. The molecule has 5 heteroatoms. The van der Waals surface area contributed by atoms with Gasteiger partial charge >= 0.3 is 6.03 Å². The number of rotatable bonds is 4. The van der Waals surface area contributed by atoms with Crippen LogP contribution in [0.1, 0.15) is 30.0 Å². The molecule has 1 saturated heterocycles. The van der Waals surface area contributed by atoms with Gasteiger partial charge in [0, 0.05) is 0 Å². The molecule has 1 fully saturated rings. The van der Waals surface area contributed by atoms with E-state index in [1.165, 1.54) is 17.0 Å². The van der Waals surface area contributed by atoms with E-state index >= 15 is 0 Å². The van der Waals surface area contributed by atoms with Crippen molar-refractivity contribution in [1.82, 2.24) is 10.2 Å². The largest absolute Gasteiger partial charge is 0.325 e. The topological polar surface area (TPSA) is 49.4 Å². The Morgan fingerprint density at radius 3 is 2.38 bits per heavy atom. The predicted octanol–water partition coefficient (Wildman–Crippen LogP) is 3.49. The van der Waals surface area contributed by atoms with Crippen LogP contribution in [0.4, 0.5) is 9.18 Å². The number of benzene rings is 2. The molecule has 3 amide bonds. The molecular formula is C19H19FN2O2. The maximum absolute atomic E-state index is 13.2. The molecule has 0 aliphatic carbocycles. The summed E-state index contributed by atoms with van der Waals surface area (Å²) in [7, 11) is 0. The van der Waals surface area contributed by atoms with E-state index in [2.05, 4.69) is 5.32 Å². The molecule has 1 N–H and O–H groups in total. The highest BCUT2D eigenvalue weighted by Gasteiger charge is 2.51. The lowest BCUT2D eigenvalue weighted by Gasteiger charge is -2.26. The number of hydrogen-bond acceptors (Lipinski definition) is 2. The molecule has 2 aromatic rings. The molecule has 1 aliphatic rings. The van der Waals surface area contributed by atoms with E-state index in [0.29, 0.717) is 12.0 Å². The lowest BCUT2D eigenvalue weighted by atomic mass is 9.87. The smallest absolute Gasteiger partial charge is 0.319 e. The van der Waals surface area contributed by atoms with Crippen LogP contribution < -0.4 is 5.32 Å². The van der Waals surface area contributed by atoms with Crippen LogP contribution in [0.25, 0.3) is 0 Å². The van der Waals surface area contributed by atoms with Gasteiger partial charge in [0.15, 0.2) is 0 Å². The minimum Gasteiger partial charge on any atom is -0.319 e. The average molecular weight is 326 g/mol. The number of nitrogens with one attached hydrogen (secondary N) is 1. The zero-order valence-corrected chi connectivity index (χ0v) is 13.7. The zero-order valence-electron chi connectivity index (χ0n) is 13.7. The summed E-state index contributed by atoms with van der Waals surface area (Å²) in [6.07, 6.45) is 0.396. The molecule has 2 aromatic carbocycles. The van der Waals surface area contributed by atoms with Gasteiger partial charge in [0.05, 0.1) is 6.54 Å². The van der Waals surface area contributed by atoms with Gasteiger partial charge in [-0.05, 0) is 42.2 Å². The van der Waals surface area contributed by atoms with Gasteiger partial charge in [-0.1, -0.05) is 43.3 Å². The maximum atomic E-state index is 13.2. The number of amides is 3. The summed E-state index contributed by atoms with van der Waals surface area (Å²) < 4.78 is 13.2. The fourth-order valence-corrected chi connectivity index (χ4v) is 3.10. The first-order valence-corrected chi connectivity index (χ1v) is 7.92. The number of carbonyl (C=O) groups excluding carboxylic acids is 2. The second-order valence-electron chi connectivity index (χ2n) is 6.01. The van der Waals surface area contributed by atoms with Crippen LogP contribution in [-0.4, -0.2) is 16.8 Å². The molecule has 1 aliphatic heterocycles. The Hall–Kier alpha value is -2.69. The quantitative estimate of drug-likeness (QED) is 0.874. The van der Waals surface area contributed by atoms with Gasteiger partial charge in [0.1, 0.15) is 11.4 Å². The summed E-state index contributed by atoms with van der Waals surface area (Å²) >= 11 is 0. The van der Waals surface area contributed by atoms with Crippen molar-refractivity contribution in [2.75, 3.05) is 0 Å². The summed E-state index contributed by atoms with van der Waals surface area (Å²) in [4.78, 5) is 26.7. The first-order valence-electron chi connectivity index (χ1n) is 7.92. The van der Waals surface area contributed by atoms with Gasteiger partial charge in [-0.3, -0.25) is 9.69 Å². The molecule has 124 valence electrons. The summed E-state index contributed by atoms with van der Waals surface area (Å²) in [6.45, 7) is 4.00. The van der Waals surface area contributed by atoms with Crippen LogP contribution in [0.5, 0.6) is 0 Å². The summed E-state index contributed by atoms with van der Waals surface area (Å²) in [5, 5.41) is 2.81. The van der Waals surface area contributed by atoms with Crippen molar-refractivity contribution in [1.29, 1.82) is 0 Å². The zero-order chi connectivity index (χ0) is 17.3. The lowest BCUT2D eigenvalue weighted by molar-refractivity contribution is -0.132. The third-order valence-corrected chi connectivity index (χ3v) is 4.63. The Morgan fingerprint density at radius 1 is 1.08 bits per heavy atom.